The predicted molar refractivity (Wildman–Crippen MR) is 87.9 cm³/mol. The largest absolute Gasteiger partial charge is 0.391 e. The van der Waals surface area contributed by atoms with Crippen LogP contribution in [0, 0.1) is 0 Å². The molecule has 2 aliphatic rings. The fourth-order valence-corrected chi connectivity index (χ4v) is 3.39. The summed E-state index contributed by atoms with van der Waals surface area (Å²) >= 11 is 0. The molecule has 2 aliphatic heterocycles. The third-order valence-corrected chi connectivity index (χ3v) is 4.62. The van der Waals surface area contributed by atoms with Crippen molar-refractivity contribution in [1.29, 1.82) is 0 Å². The van der Waals surface area contributed by atoms with Gasteiger partial charge in [0.25, 0.3) is 0 Å². The van der Waals surface area contributed by atoms with Crippen LogP contribution in [0.4, 0.5) is 0 Å². The van der Waals surface area contributed by atoms with E-state index in [-0.39, 0.29) is 18.1 Å². The summed E-state index contributed by atoms with van der Waals surface area (Å²) in [6.45, 7) is 4.50. The van der Waals surface area contributed by atoms with Gasteiger partial charge in [-0.3, -0.25) is 9.69 Å². The van der Waals surface area contributed by atoms with Gasteiger partial charge < -0.3 is 14.7 Å². The lowest BCUT2D eigenvalue weighted by Gasteiger charge is -2.35. The lowest BCUT2D eigenvalue weighted by molar-refractivity contribution is -0.139. The van der Waals surface area contributed by atoms with E-state index in [1.165, 1.54) is 5.56 Å². The number of aliphatic hydroxyl groups is 1. The number of carbonyl (C=O) groups is 1. The highest BCUT2D eigenvalue weighted by Crippen LogP contribution is 2.16. The number of rotatable bonds is 4. The van der Waals surface area contributed by atoms with E-state index in [1.54, 1.807) is 4.90 Å². The van der Waals surface area contributed by atoms with Gasteiger partial charge in [-0.2, -0.15) is 0 Å². The van der Waals surface area contributed by atoms with E-state index in [9.17, 15) is 9.90 Å². The zero-order valence-electron chi connectivity index (χ0n) is 13.6. The third-order valence-electron chi connectivity index (χ3n) is 4.62. The van der Waals surface area contributed by atoms with Crippen LogP contribution in [0.5, 0.6) is 0 Å². The van der Waals surface area contributed by atoms with Gasteiger partial charge in [0.15, 0.2) is 0 Å². The summed E-state index contributed by atoms with van der Waals surface area (Å²) in [7, 11) is 0. The first-order valence-electron chi connectivity index (χ1n) is 8.54. The molecule has 2 unspecified atom stereocenters. The van der Waals surface area contributed by atoms with Gasteiger partial charge in [-0.25, -0.2) is 0 Å². The number of hydrogen-bond donors (Lipinski definition) is 1. The van der Waals surface area contributed by atoms with Crippen LogP contribution in [-0.2, 0) is 16.1 Å². The molecule has 5 nitrogen and oxygen atoms in total. The average molecular weight is 318 g/mol. The lowest BCUT2D eigenvalue weighted by Crippen LogP contribution is -2.47. The van der Waals surface area contributed by atoms with Gasteiger partial charge in [-0.15, -0.1) is 0 Å². The molecule has 1 amide bonds. The van der Waals surface area contributed by atoms with Gasteiger partial charge in [-0.05, 0) is 18.4 Å². The van der Waals surface area contributed by atoms with Crippen molar-refractivity contribution in [3.63, 3.8) is 0 Å². The van der Waals surface area contributed by atoms with Gasteiger partial charge in [0.1, 0.15) is 0 Å². The van der Waals surface area contributed by atoms with Crippen LogP contribution < -0.4 is 0 Å². The zero-order valence-corrected chi connectivity index (χ0v) is 13.6. The van der Waals surface area contributed by atoms with Crippen molar-refractivity contribution < 1.29 is 14.6 Å². The molecule has 0 aromatic heterocycles. The maximum atomic E-state index is 12.4. The van der Waals surface area contributed by atoms with Crippen molar-refractivity contribution >= 4 is 5.91 Å². The van der Waals surface area contributed by atoms with Gasteiger partial charge in [0.2, 0.25) is 5.91 Å². The molecule has 0 bridgehead atoms. The highest BCUT2D eigenvalue weighted by molar-refractivity contribution is 5.76. The van der Waals surface area contributed by atoms with Crippen LogP contribution in [0.1, 0.15) is 24.8 Å². The number of β-amino-alcohol motifs (C(OH)–C–C–N with tert-alkyl or cyclic N) is 1. The molecule has 3 rings (SSSR count). The molecule has 0 saturated carbocycles. The Bertz CT molecular complexity index is 508. The summed E-state index contributed by atoms with van der Waals surface area (Å²) in [4.78, 5) is 16.5. The first-order valence-corrected chi connectivity index (χ1v) is 8.54. The maximum Gasteiger partial charge on any atom is 0.225 e. The highest BCUT2D eigenvalue weighted by atomic mass is 16.5. The van der Waals surface area contributed by atoms with Crippen LogP contribution in [-0.4, -0.2) is 65.8 Å². The molecule has 1 aromatic rings. The molecule has 1 N–H and O–H groups in total. The summed E-state index contributed by atoms with van der Waals surface area (Å²) in [6, 6.07) is 10.4. The maximum absolute atomic E-state index is 12.4. The molecule has 0 radical (unpaired) electrons. The number of benzene rings is 1. The fourth-order valence-electron chi connectivity index (χ4n) is 3.39. The molecular formula is C18H26N2O3. The number of morpholine rings is 1. The molecule has 126 valence electrons. The highest BCUT2D eigenvalue weighted by Gasteiger charge is 2.27. The van der Waals surface area contributed by atoms with E-state index < -0.39 is 0 Å². The van der Waals surface area contributed by atoms with E-state index in [0.29, 0.717) is 19.6 Å². The van der Waals surface area contributed by atoms with Crippen molar-refractivity contribution in [2.24, 2.45) is 0 Å². The van der Waals surface area contributed by atoms with Crippen LogP contribution in [0.25, 0.3) is 0 Å². The summed E-state index contributed by atoms with van der Waals surface area (Å²) in [5.41, 5.74) is 1.29. The standard InChI is InChI=1S/C18H26N2O3/c21-16-7-4-8-20(13-16)18(22)11-17-14-19(9-10-23-17)12-15-5-2-1-3-6-15/h1-3,5-6,16-17,21H,4,7-14H2. The van der Waals surface area contributed by atoms with Crippen molar-refractivity contribution in [1.82, 2.24) is 9.80 Å². The van der Waals surface area contributed by atoms with Crippen LogP contribution in [0.2, 0.25) is 0 Å². The SMILES string of the molecule is O=C(CC1CN(Cc2ccccc2)CCO1)N1CCCC(O)C1. The average Bonchev–Trinajstić information content (AvgIpc) is 2.56. The van der Waals surface area contributed by atoms with E-state index in [0.717, 1.165) is 39.0 Å². The van der Waals surface area contributed by atoms with Gasteiger partial charge in [0, 0.05) is 32.7 Å². The Labute approximate surface area is 137 Å². The summed E-state index contributed by atoms with van der Waals surface area (Å²) in [5, 5.41) is 9.71. The number of ether oxygens (including phenoxy) is 1. The van der Waals surface area contributed by atoms with E-state index in [4.69, 9.17) is 4.74 Å². The van der Waals surface area contributed by atoms with E-state index in [1.807, 2.05) is 6.07 Å². The molecule has 2 fully saturated rings. The Hall–Kier alpha value is -1.43. The molecule has 2 heterocycles. The monoisotopic (exact) mass is 318 g/mol. The van der Waals surface area contributed by atoms with E-state index >= 15 is 0 Å². The minimum Gasteiger partial charge on any atom is -0.391 e. The molecule has 0 spiro atoms. The van der Waals surface area contributed by atoms with Gasteiger partial charge >= 0.3 is 0 Å². The number of piperidine rings is 1. The molecule has 1 aromatic carbocycles. The lowest BCUT2D eigenvalue weighted by atomic mass is 10.1. The Morgan fingerprint density at radius 2 is 2.04 bits per heavy atom. The first kappa shape index (κ1) is 16.4. The number of amides is 1. The Morgan fingerprint density at radius 1 is 1.22 bits per heavy atom. The fraction of sp³-hybridized carbons (Fsp3) is 0.611. The van der Waals surface area contributed by atoms with Gasteiger partial charge in [-0.1, -0.05) is 30.3 Å². The zero-order chi connectivity index (χ0) is 16.1. The molecule has 0 aliphatic carbocycles. The smallest absolute Gasteiger partial charge is 0.225 e. The normalized spacial score (nSPS) is 26.2. The molecule has 23 heavy (non-hydrogen) atoms. The van der Waals surface area contributed by atoms with Crippen molar-refractivity contribution in [3.8, 4) is 0 Å². The quantitative estimate of drug-likeness (QED) is 0.908. The van der Waals surface area contributed by atoms with Crippen molar-refractivity contribution in [2.75, 3.05) is 32.8 Å². The van der Waals surface area contributed by atoms with Gasteiger partial charge in [0.05, 0.1) is 25.2 Å². The molecular weight excluding hydrogens is 292 g/mol. The number of nitrogens with zero attached hydrogens (tertiary/aromatic N) is 2. The second-order valence-corrected chi connectivity index (χ2v) is 6.55. The Kier molecular flexibility index (Phi) is 5.65. The van der Waals surface area contributed by atoms with Crippen molar-refractivity contribution in [3.05, 3.63) is 35.9 Å². The number of likely N-dealkylation sites (tertiary alicyclic amines) is 1. The minimum atomic E-state index is -0.366. The topological polar surface area (TPSA) is 53.0 Å². The summed E-state index contributed by atoms with van der Waals surface area (Å²) < 4.78 is 5.78. The number of hydrogen-bond acceptors (Lipinski definition) is 4. The number of aliphatic hydroxyl groups excluding tert-OH is 1. The Morgan fingerprint density at radius 3 is 2.83 bits per heavy atom. The second kappa shape index (κ2) is 7.90. The second-order valence-electron chi connectivity index (χ2n) is 6.55. The Balaban J connectivity index is 1.49. The van der Waals surface area contributed by atoms with Crippen LogP contribution >= 0.6 is 0 Å². The predicted octanol–water partition coefficient (Wildman–Crippen LogP) is 1.26. The van der Waals surface area contributed by atoms with Crippen molar-refractivity contribution in [2.45, 2.75) is 38.0 Å². The third kappa shape index (κ3) is 4.77. The summed E-state index contributed by atoms with van der Waals surface area (Å²) in [6.07, 6.45) is 1.69. The van der Waals surface area contributed by atoms with E-state index in [2.05, 4.69) is 29.2 Å². The van der Waals surface area contributed by atoms with Crippen LogP contribution in [0.15, 0.2) is 30.3 Å². The molecule has 2 saturated heterocycles. The minimum absolute atomic E-state index is 0.0426. The molecule has 5 heteroatoms. The van der Waals surface area contributed by atoms with Crippen LogP contribution in [0.3, 0.4) is 0 Å². The summed E-state index contributed by atoms with van der Waals surface area (Å²) in [5.74, 6) is 0.107. The molecule has 2 atom stereocenters. The first-order chi connectivity index (χ1) is 11.2. The number of carbonyl (C=O) groups excluding carboxylic acids is 1.